The molecule has 7 rings (SSSR count). The molecule has 0 aliphatic carbocycles. The van der Waals surface area contributed by atoms with Crippen LogP contribution in [0.25, 0.3) is 22.3 Å². The number of nitrogen functional groups attached to an aromatic ring is 1. The van der Waals surface area contributed by atoms with Crippen molar-refractivity contribution in [1.82, 2.24) is 20.5 Å². The molecule has 3 aromatic carbocycles. The first-order chi connectivity index (χ1) is 34.1. The number of rotatable bonds is 17. The van der Waals surface area contributed by atoms with Crippen molar-refractivity contribution >= 4 is 81.1 Å². The third kappa shape index (κ3) is 15.7. The Morgan fingerprint density at radius 2 is 1.28 bits per heavy atom. The molecule has 0 unspecified atom stereocenters. The van der Waals surface area contributed by atoms with Crippen LogP contribution in [0.3, 0.4) is 0 Å². The number of ether oxygens (including phenoxy) is 4. The molecule has 18 nitrogen and oxygen atoms in total. The van der Waals surface area contributed by atoms with Crippen molar-refractivity contribution in [3.05, 3.63) is 120 Å². The number of aromatic amines is 1. The van der Waals surface area contributed by atoms with Gasteiger partial charge in [-0.1, -0.05) is 72.8 Å². The summed E-state index contributed by atoms with van der Waals surface area (Å²) < 4.78 is 35.0. The monoisotopic (exact) mass is 1050 g/mol. The van der Waals surface area contributed by atoms with Crippen LogP contribution in [-0.2, 0) is 24.1 Å². The average Bonchev–Trinajstić information content (AvgIpc) is 4.10. The number of nitrogens with zero attached hydrogens (tertiary/aromatic N) is 3. The number of halogens is 3. The van der Waals surface area contributed by atoms with E-state index >= 15 is 0 Å². The van der Waals surface area contributed by atoms with E-state index in [1.54, 1.807) is 42.5 Å². The molecule has 0 atom stereocenters. The molecule has 384 valence electrons. The van der Waals surface area contributed by atoms with Crippen molar-refractivity contribution in [2.24, 2.45) is 11.8 Å². The zero-order valence-electron chi connectivity index (χ0n) is 41.7. The van der Waals surface area contributed by atoms with E-state index < -0.39 is 0 Å². The third-order valence-electron chi connectivity index (χ3n) is 10.0. The van der Waals surface area contributed by atoms with Crippen molar-refractivity contribution in [3.63, 3.8) is 0 Å². The van der Waals surface area contributed by atoms with Gasteiger partial charge in [-0.15, -0.1) is 0 Å². The Labute approximate surface area is 430 Å². The molecule has 0 amide bonds. The maximum absolute atomic E-state index is 12.5. The molecule has 4 aromatic heterocycles. The molecule has 0 saturated carbocycles. The molecule has 0 spiro atoms. The lowest BCUT2D eigenvalue weighted by Gasteiger charge is -2.11. The fourth-order valence-electron chi connectivity index (χ4n) is 6.71. The van der Waals surface area contributed by atoms with Gasteiger partial charge in [0.15, 0.2) is 22.8 Å². The van der Waals surface area contributed by atoms with Crippen molar-refractivity contribution in [2.45, 2.75) is 80.7 Å². The van der Waals surface area contributed by atoms with Gasteiger partial charge in [0.1, 0.15) is 50.2 Å². The molecule has 0 radical (unpaired) electrons. The number of benzene rings is 3. The molecule has 72 heavy (non-hydrogen) atoms. The minimum Gasteiger partial charge on any atom is -0.495 e. The quantitative estimate of drug-likeness (QED) is 0.0435. The Morgan fingerprint density at radius 1 is 0.722 bits per heavy atom. The highest BCUT2D eigenvalue weighted by Crippen LogP contribution is 2.34. The van der Waals surface area contributed by atoms with Gasteiger partial charge in [-0.25, -0.2) is 0 Å². The smallest absolute Gasteiger partial charge is 0.299 e. The molecule has 7 aromatic rings. The van der Waals surface area contributed by atoms with Gasteiger partial charge in [0.05, 0.1) is 49.3 Å². The lowest BCUT2D eigenvalue weighted by molar-refractivity contribution is -0.121. The maximum Gasteiger partial charge on any atom is 0.299 e. The van der Waals surface area contributed by atoms with Crippen molar-refractivity contribution in [2.75, 3.05) is 32.4 Å². The van der Waals surface area contributed by atoms with Gasteiger partial charge in [-0.2, -0.15) is 0 Å². The SMILES string of the molecule is CC(C)Nc1cc(OC=O)no1.COc1ccc(C(C)=O)c(CC(=O)c2cc(CC(C)C)on2)c1Cl.COc1ccc(C(C)=O)c(N)c1Cl.COc1ccc2c(=O)cc(-c3cc(CC(C)C)on3)[nH]c2c1Cl. The first kappa shape index (κ1) is 57.4. The van der Waals surface area contributed by atoms with Gasteiger partial charge < -0.3 is 48.6 Å². The molecule has 0 bridgehead atoms. The van der Waals surface area contributed by atoms with Crippen LogP contribution >= 0.6 is 34.8 Å². The number of Topliss-reactive ketones (excluding diaryl/α,β-unsaturated/α-hetero) is 3. The average molecular weight is 1050 g/mol. The van der Waals surface area contributed by atoms with Crippen molar-refractivity contribution < 1.29 is 51.7 Å². The van der Waals surface area contributed by atoms with Gasteiger partial charge in [-0.05, 0) is 86.6 Å². The van der Waals surface area contributed by atoms with Crippen molar-refractivity contribution in [1.29, 1.82) is 0 Å². The molecule has 0 fully saturated rings. The van der Waals surface area contributed by atoms with Gasteiger partial charge in [0.25, 0.3) is 12.4 Å². The number of hydrogen-bond acceptors (Lipinski definition) is 17. The summed E-state index contributed by atoms with van der Waals surface area (Å²) in [5, 5.41) is 15.7. The highest BCUT2D eigenvalue weighted by molar-refractivity contribution is 6.36. The number of H-pyrrole nitrogens is 1. The number of pyridine rings is 1. The summed E-state index contributed by atoms with van der Waals surface area (Å²) in [6.07, 6.45) is 1.46. The van der Waals surface area contributed by atoms with Crippen LogP contribution in [0, 0.1) is 11.8 Å². The Balaban J connectivity index is 0.000000218. The lowest BCUT2D eigenvalue weighted by Crippen LogP contribution is -2.09. The maximum atomic E-state index is 12.5. The molecule has 0 aliphatic rings. The first-order valence-corrected chi connectivity index (χ1v) is 23.4. The van der Waals surface area contributed by atoms with Crippen LogP contribution in [0.4, 0.5) is 11.6 Å². The fraction of sp³-hybridized carbons (Fsp3) is 0.333. The predicted molar refractivity (Wildman–Crippen MR) is 276 cm³/mol. The number of ketones is 3. The molecular formula is C51H57Cl3N6O12. The van der Waals surface area contributed by atoms with Crippen molar-refractivity contribution in [3.8, 4) is 34.5 Å². The Kier molecular flexibility index (Phi) is 21.4. The molecule has 0 saturated heterocycles. The summed E-state index contributed by atoms with van der Waals surface area (Å²) in [6.45, 7) is 15.4. The number of anilines is 2. The Hall–Kier alpha value is -7.15. The second kappa shape index (κ2) is 26.9. The zero-order chi connectivity index (χ0) is 53.4. The van der Waals surface area contributed by atoms with E-state index in [0.29, 0.717) is 97.6 Å². The molecule has 4 N–H and O–H groups in total. The zero-order valence-corrected chi connectivity index (χ0v) is 43.9. The summed E-state index contributed by atoms with van der Waals surface area (Å²) in [4.78, 5) is 60.7. The van der Waals surface area contributed by atoms with Gasteiger partial charge >= 0.3 is 0 Å². The second-order valence-electron chi connectivity index (χ2n) is 17.0. The molecule has 21 heteroatoms. The summed E-state index contributed by atoms with van der Waals surface area (Å²) in [5.74, 6) is 3.83. The minimum absolute atomic E-state index is 0.0431. The Bertz CT molecular complexity index is 3050. The standard InChI is InChI=1S/C18H20ClNO4.C17H17ClN2O3.C9H10ClNO2.C7H10N2O3/c1-10(2)7-12-8-15(20-24-12)16(22)9-14-13(11(3)21)5-6-17(23-4)18(14)19;1-9(2)6-10-7-13(20-23-10)12-8-14(21)11-4-5-15(22-3)16(18)17(11)19-12;1-5(12)6-3-4-7(13-2)8(10)9(6)11;1-5(2)8-6-3-7(9-12-6)11-4-10/h5-6,8,10H,7,9H2,1-4H3;4-5,7-9H,6H2,1-3H3,(H,19,21);3-4H,11H2,1-2H3;3-5,8H,1-2H3. The minimum atomic E-state index is -0.258. The van der Waals surface area contributed by atoms with Crippen LogP contribution in [-0.4, -0.2) is 71.6 Å². The number of hydrogen-bond donors (Lipinski definition) is 3. The molecule has 4 heterocycles. The largest absolute Gasteiger partial charge is 0.495 e. The second-order valence-corrected chi connectivity index (χ2v) is 18.1. The van der Waals surface area contributed by atoms with Crippen LogP contribution in [0.1, 0.15) is 104 Å². The van der Waals surface area contributed by atoms with Gasteiger partial charge in [-0.3, -0.25) is 24.0 Å². The van der Waals surface area contributed by atoms with E-state index in [1.807, 2.05) is 19.9 Å². The first-order valence-electron chi connectivity index (χ1n) is 22.3. The van der Waals surface area contributed by atoms with Crippen LogP contribution < -0.4 is 35.4 Å². The summed E-state index contributed by atoms with van der Waals surface area (Å²) in [5.41, 5.74) is 8.95. The van der Waals surface area contributed by atoms with E-state index in [2.05, 4.69) is 58.2 Å². The fourth-order valence-corrected chi connectivity index (χ4v) is 7.55. The number of aromatic nitrogens is 4. The lowest BCUT2D eigenvalue weighted by atomic mass is 9.98. The summed E-state index contributed by atoms with van der Waals surface area (Å²) >= 11 is 18.4. The normalized spacial score (nSPS) is 10.7. The highest BCUT2D eigenvalue weighted by atomic mass is 35.5. The van der Waals surface area contributed by atoms with E-state index in [1.165, 1.54) is 47.3 Å². The summed E-state index contributed by atoms with van der Waals surface area (Å²) in [6, 6.07) is 16.6. The third-order valence-corrected chi connectivity index (χ3v) is 11.2. The summed E-state index contributed by atoms with van der Waals surface area (Å²) in [7, 11) is 4.51. The Morgan fingerprint density at radius 3 is 1.85 bits per heavy atom. The van der Waals surface area contributed by atoms with E-state index in [-0.39, 0.29) is 62.5 Å². The molecule has 0 aliphatic heterocycles. The number of nitrogens with two attached hydrogens (primary N) is 1. The van der Waals surface area contributed by atoms with E-state index in [0.717, 1.165) is 12.2 Å². The highest BCUT2D eigenvalue weighted by Gasteiger charge is 2.22. The van der Waals surface area contributed by atoms with E-state index in [9.17, 15) is 24.0 Å². The topological polar surface area (TPSA) is 254 Å². The number of carbonyl (C=O) groups excluding carboxylic acids is 4. The van der Waals surface area contributed by atoms with Gasteiger partial charge in [0.2, 0.25) is 5.88 Å². The number of carbonyl (C=O) groups is 4. The number of nitrogens with one attached hydrogen (secondary N) is 2. The predicted octanol–water partition coefficient (Wildman–Crippen LogP) is 11.4. The van der Waals surface area contributed by atoms with Crippen LogP contribution in [0.15, 0.2) is 79.0 Å². The van der Waals surface area contributed by atoms with E-state index in [4.69, 9.17) is 68.3 Å². The van der Waals surface area contributed by atoms with Crippen LogP contribution in [0.5, 0.6) is 23.1 Å². The number of methoxy groups -OCH3 is 3. The van der Waals surface area contributed by atoms with Crippen LogP contribution in [0.2, 0.25) is 15.1 Å². The number of fused-ring (bicyclic) bond motifs is 1. The van der Waals surface area contributed by atoms with Gasteiger partial charge in [0, 0.05) is 60.0 Å². The molecular weight excluding hydrogens is 995 g/mol.